The topological polar surface area (TPSA) is 50.5 Å². The number of fused-ring (bicyclic) bond motifs is 3. The van der Waals surface area contributed by atoms with Crippen molar-refractivity contribution in [2.75, 3.05) is 0 Å². The number of carbonyl (C=O) groups is 1. The summed E-state index contributed by atoms with van der Waals surface area (Å²) >= 11 is 0. The first-order valence-corrected chi connectivity index (χ1v) is 9.41. The molecular formula is C21H22N4O. The maximum Gasteiger partial charge on any atom is 0.169 e. The molecule has 2 bridgehead atoms. The fourth-order valence-electron chi connectivity index (χ4n) is 4.71. The molecule has 5 rings (SSSR count). The van der Waals surface area contributed by atoms with Gasteiger partial charge in [0.25, 0.3) is 0 Å². The van der Waals surface area contributed by atoms with Crippen molar-refractivity contribution in [3.8, 4) is 0 Å². The molecule has 2 aromatic heterocycles. The molecule has 0 saturated carbocycles. The Morgan fingerprint density at radius 2 is 1.85 bits per heavy atom. The highest BCUT2D eigenvalue weighted by molar-refractivity contribution is 5.97. The van der Waals surface area contributed by atoms with Gasteiger partial charge in [0.1, 0.15) is 0 Å². The van der Waals surface area contributed by atoms with Gasteiger partial charge in [0.2, 0.25) is 0 Å². The van der Waals surface area contributed by atoms with Crippen LogP contribution in [-0.2, 0) is 6.54 Å². The number of nitrogens with zero attached hydrogens (tertiary/aromatic N) is 4. The molecule has 2 aliphatic heterocycles. The van der Waals surface area contributed by atoms with Crippen LogP contribution in [0.2, 0.25) is 0 Å². The lowest BCUT2D eigenvalue weighted by Gasteiger charge is -2.38. The summed E-state index contributed by atoms with van der Waals surface area (Å²) in [5.74, 6) is 0.334. The highest BCUT2D eigenvalue weighted by Gasteiger charge is 2.42. The zero-order chi connectivity index (χ0) is 17.5. The number of hydrogen-bond acceptors (Lipinski definition) is 4. The third-order valence-electron chi connectivity index (χ3n) is 5.99. The molecule has 0 amide bonds. The molecule has 1 aromatic carbocycles. The first-order chi connectivity index (χ1) is 12.8. The zero-order valence-corrected chi connectivity index (χ0v) is 14.7. The maximum absolute atomic E-state index is 13.0. The average molecular weight is 346 g/mol. The summed E-state index contributed by atoms with van der Waals surface area (Å²) in [6, 6.07) is 13.5. The smallest absolute Gasteiger partial charge is 0.169 e. The second kappa shape index (κ2) is 6.32. The number of Topliss-reactive ketones (excluding diaryl/α,β-unsaturated/α-hetero) is 1. The standard InChI is InChI=1S/C21H22N4O/c26-21(17-12-22-20-8-9-23-25(20)14-17)16-10-18-6-7-19(11-16)24(18)13-15-4-2-1-3-5-15/h1-5,8-9,12,14,16,18-19H,6-7,10-11,13H2. The van der Waals surface area contributed by atoms with Gasteiger partial charge in [-0.25, -0.2) is 9.50 Å². The van der Waals surface area contributed by atoms with Crippen molar-refractivity contribution in [1.82, 2.24) is 19.5 Å². The van der Waals surface area contributed by atoms with E-state index in [1.165, 1.54) is 18.4 Å². The molecule has 2 aliphatic rings. The second-order valence-corrected chi connectivity index (χ2v) is 7.55. The summed E-state index contributed by atoms with van der Waals surface area (Å²) in [7, 11) is 0. The summed E-state index contributed by atoms with van der Waals surface area (Å²) in [6.45, 7) is 0.998. The second-order valence-electron chi connectivity index (χ2n) is 7.55. The molecule has 5 heteroatoms. The van der Waals surface area contributed by atoms with E-state index < -0.39 is 0 Å². The van der Waals surface area contributed by atoms with Gasteiger partial charge in [0.15, 0.2) is 11.4 Å². The van der Waals surface area contributed by atoms with Crippen LogP contribution in [0.15, 0.2) is 55.0 Å². The van der Waals surface area contributed by atoms with Crippen molar-refractivity contribution >= 4 is 11.4 Å². The SMILES string of the molecule is O=C(c1cnc2ccnn2c1)C1CC2CCC(C1)N2Cc1ccccc1. The third kappa shape index (κ3) is 2.72. The quantitative estimate of drug-likeness (QED) is 0.680. The molecule has 2 fully saturated rings. The first kappa shape index (κ1) is 15.7. The summed E-state index contributed by atoms with van der Waals surface area (Å²) in [4.78, 5) is 20.0. The minimum absolute atomic E-state index is 0.106. The monoisotopic (exact) mass is 346 g/mol. The molecule has 0 aliphatic carbocycles. The van der Waals surface area contributed by atoms with Crippen LogP contribution in [0.3, 0.4) is 0 Å². The molecule has 2 saturated heterocycles. The number of piperidine rings is 1. The van der Waals surface area contributed by atoms with Crippen LogP contribution in [0.4, 0.5) is 0 Å². The van der Waals surface area contributed by atoms with Crippen molar-refractivity contribution in [2.45, 2.75) is 44.3 Å². The maximum atomic E-state index is 13.0. The highest BCUT2D eigenvalue weighted by Crippen LogP contribution is 2.40. The fraction of sp³-hybridized carbons (Fsp3) is 0.381. The Hall–Kier alpha value is -2.53. The van der Waals surface area contributed by atoms with Gasteiger partial charge >= 0.3 is 0 Å². The fourth-order valence-corrected chi connectivity index (χ4v) is 4.71. The molecule has 0 spiro atoms. The van der Waals surface area contributed by atoms with E-state index in [-0.39, 0.29) is 11.7 Å². The van der Waals surface area contributed by atoms with Crippen LogP contribution in [0.5, 0.6) is 0 Å². The molecule has 5 nitrogen and oxygen atoms in total. The number of rotatable bonds is 4. The Bertz CT molecular complexity index is 921. The number of carbonyl (C=O) groups excluding carboxylic acids is 1. The van der Waals surface area contributed by atoms with Gasteiger partial charge in [-0.2, -0.15) is 5.10 Å². The number of benzene rings is 1. The van der Waals surface area contributed by atoms with Crippen molar-refractivity contribution < 1.29 is 4.79 Å². The average Bonchev–Trinajstić information content (AvgIpc) is 3.22. The Morgan fingerprint density at radius 1 is 1.08 bits per heavy atom. The Morgan fingerprint density at radius 3 is 2.62 bits per heavy atom. The van der Waals surface area contributed by atoms with Gasteiger partial charge in [0, 0.05) is 43.0 Å². The van der Waals surface area contributed by atoms with Gasteiger partial charge in [-0.3, -0.25) is 9.69 Å². The first-order valence-electron chi connectivity index (χ1n) is 9.41. The number of hydrogen-bond donors (Lipinski definition) is 0. The number of aromatic nitrogens is 3. The predicted octanol–water partition coefficient (Wildman–Crippen LogP) is 3.36. The van der Waals surface area contributed by atoms with E-state index >= 15 is 0 Å². The van der Waals surface area contributed by atoms with Crippen LogP contribution in [0, 0.1) is 5.92 Å². The minimum Gasteiger partial charge on any atom is -0.294 e. The lowest BCUT2D eigenvalue weighted by Crippen LogP contribution is -2.44. The van der Waals surface area contributed by atoms with Crippen LogP contribution >= 0.6 is 0 Å². The minimum atomic E-state index is 0.106. The molecular weight excluding hydrogens is 324 g/mol. The van der Waals surface area contributed by atoms with E-state index in [0.29, 0.717) is 17.6 Å². The van der Waals surface area contributed by atoms with Crippen molar-refractivity contribution in [1.29, 1.82) is 0 Å². The molecule has 26 heavy (non-hydrogen) atoms. The zero-order valence-electron chi connectivity index (χ0n) is 14.7. The van der Waals surface area contributed by atoms with Crippen molar-refractivity contribution in [3.63, 3.8) is 0 Å². The van der Waals surface area contributed by atoms with E-state index in [1.54, 1.807) is 16.9 Å². The molecule has 0 N–H and O–H groups in total. The molecule has 2 unspecified atom stereocenters. The van der Waals surface area contributed by atoms with E-state index in [1.807, 2.05) is 12.3 Å². The molecule has 0 radical (unpaired) electrons. The van der Waals surface area contributed by atoms with Crippen molar-refractivity contribution in [3.05, 3.63) is 66.1 Å². The molecule has 2 atom stereocenters. The van der Waals surface area contributed by atoms with Crippen LogP contribution in [0.1, 0.15) is 41.6 Å². The largest absolute Gasteiger partial charge is 0.294 e. The highest BCUT2D eigenvalue weighted by atomic mass is 16.1. The van der Waals surface area contributed by atoms with Crippen LogP contribution < -0.4 is 0 Å². The van der Waals surface area contributed by atoms with Gasteiger partial charge in [0.05, 0.1) is 11.8 Å². The van der Waals surface area contributed by atoms with Gasteiger partial charge in [-0.1, -0.05) is 30.3 Å². The van der Waals surface area contributed by atoms with E-state index in [2.05, 4.69) is 45.3 Å². The van der Waals surface area contributed by atoms with Gasteiger partial charge in [-0.05, 0) is 31.2 Å². The third-order valence-corrected chi connectivity index (χ3v) is 5.99. The Balaban J connectivity index is 1.33. The Kier molecular flexibility index (Phi) is 3.82. The normalized spacial score (nSPS) is 25.6. The van der Waals surface area contributed by atoms with Crippen molar-refractivity contribution in [2.24, 2.45) is 5.92 Å². The number of ketones is 1. The van der Waals surface area contributed by atoms with E-state index in [9.17, 15) is 4.79 Å². The van der Waals surface area contributed by atoms with Gasteiger partial charge in [-0.15, -0.1) is 0 Å². The van der Waals surface area contributed by atoms with Crippen LogP contribution in [-0.4, -0.2) is 37.4 Å². The van der Waals surface area contributed by atoms with Crippen LogP contribution in [0.25, 0.3) is 5.65 Å². The Labute approximate surface area is 152 Å². The molecule has 132 valence electrons. The summed E-state index contributed by atoms with van der Waals surface area (Å²) in [5, 5.41) is 4.20. The lowest BCUT2D eigenvalue weighted by molar-refractivity contribution is 0.0677. The van der Waals surface area contributed by atoms with E-state index in [0.717, 1.165) is 25.0 Å². The predicted molar refractivity (Wildman–Crippen MR) is 98.8 cm³/mol. The summed E-state index contributed by atoms with van der Waals surface area (Å²) in [6.07, 6.45) is 9.56. The molecule has 3 aromatic rings. The van der Waals surface area contributed by atoms with Gasteiger partial charge < -0.3 is 0 Å². The lowest BCUT2D eigenvalue weighted by atomic mass is 9.85. The van der Waals surface area contributed by atoms with E-state index in [4.69, 9.17) is 0 Å². The summed E-state index contributed by atoms with van der Waals surface area (Å²) in [5.41, 5.74) is 2.82. The summed E-state index contributed by atoms with van der Waals surface area (Å²) < 4.78 is 1.69. The molecule has 4 heterocycles.